The van der Waals surface area contributed by atoms with Crippen molar-refractivity contribution in [1.82, 2.24) is 15.0 Å². The smallest absolute Gasteiger partial charge is 0.227 e. The molecule has 0 radical (unpaired) electrons. The Balaban J connectivity index is 1.38. The van der Waals surface area contributed by atoms with E-state index in [-0.39, 0.29) is 17.8 Å². The molecule has 1 saturated heterocycles. The molecule has 0 N–H and O–H groups in total. The van der Waals surface area contributed by atoms with Crippen molar-refractivity contribution in [2.45, 2.75) is 31.7 Å². The molecule has 1 fully saturated rings. The van der Waals surface area contributed by atoms with Crippen LogP contribution in [-0.4, -0.2) is 34.6 Å². The lowest BCUT2D eigenvalue weighted by molar-refractivity contribution is -0.132. The van der Waals surface area contributed by atoms with Crippen LogP contribution in [0.2, 0.25) is 0 Å². The Hall–Kier alpha value is -3.22. The largest absolute Gasteiger partial charge is 0.497 e. The minimum absolute atomic E-state index is 0.0739. The normalized spacial score (nSPS) is 16.2. The molecular weight excluding hydrogens is 373 g/mol. The molecule has 3 aromatic rings. The van der Waals surface area contributed by atoms with Crippen molar-refractivity contribution < 1.29 is 18.4 Å². The van der Waals surface area contributed by atoms with Crippen LogP contribution in [0, 0.1) is 5.82 Å². The van der Waals surface area contributed by atoms with E-state index in [0.29, 0.717) is 30.1 Å². The van der Waals surface area contributed by atoms with Crippen molar-refractivity contribution in [3.05, 3.63) is 65.8 Å². The maximum absolute atomic E-state index is 13.0. The number of rotatable bonds is 6. The minimum atomic E-state index is -0.319. The van der Waals surface area contributed by atoms with Crippen molar-refractivity contribution in [3.63, 3.8) is 0 Å². The number of carbonyl (C=O) groups is 1. The van der Waals surface area contributed by atoms with Gasteiger partial charge in [0.2, 0.25) is 17.6 Å². The van der Waals surface area contributed by atoms with E-state index in [0.717, 1.165) is 30.7 Å². The van der Waals surface area contributed by atoms with Gasteiger partial charge in [0, 0.05) is 24.9 Å². The molecular formula is C22H22FN3O3. The summed E-state index contributed by atoms with van der Waals surface area (Å²) in [5, 5.41) is 3.93. The monoisotopic (exact) mass is 395 g/mol. The van der Waals surface area contributed by atoms with Crippen molar-refractivity contribution in [3.8, 4) is 17.1 Å². The molecule has 0 spiro atoms. The summed E-state index contributed by atoms with van der Waals surface area (Å²) in [5.41, 5.74) is 1.79. The zero-order valence-electron chi connectivity index (χ0n) is 16.2. The third kappa shape index (κ3) is 4.29. The Kier molecular flexibility index (Phi) is 5.55. The van der Waals surface area contributed by atoms with Crippen LogP contribution in [0.5, 0.6) is 5.75 Å². The molecule has 1 aromatic heterocycles. The second kappa shape index (κ2) is 8.43. The number of ether oxygens (including phenoxy) is 1. The summed E-state index contributed by atoms with van der Waals surface area (Å²) in [5.74, 6) is 1.35. The first-order chi connectivity index (χ1) is 14.1. The number of nitrogens with zero attached hydrogens (tertiary/aromatic N) is 3. The van der Waals surface area contributed by atoms with Gasteiger partial charge >= 0.3 is 0 Å². The highest BCUT2D eigenvalue weighted by atomic mass is 19.1. The summed E-state index contributed by atoms with van der Waals surface area (Å²) < 4.78 is 23.5. The van der Waals surface area contributed by atoms with Crippen molar-refractivity contribution in [2.75, 3.05) is 13.7 Å². The SMILES string of the molecule is COc1ccc(C2CCCN2C(=O)CCc2nc(-c3ccc(F)cc3)no2)cc1. The number of aryl methyl sites for hydroxylation is 1. The molecule has 0 saturated carbocycles. The maximum Gasteiger partial charge on any atom is 0.227 e. The number of halogens is 1. The number of hydrogen-bond donors (Lipinski definition) is 0. The van der Waals surface area contributed by atoms with E-state index in [1.165, 1.54) is 12.1 Å². The van der Waals surface area contributed by atoms with Crippen molar-refractivity contribution in [1.29, 1.82) is 0 Å². The zero-order chi connectivity index (χ0) is 20.2. The van der Waals surface area contributed by atoms with Crippen LogP contribution in [0.15, 0.2) is 53.1 Å². The molecule has 150 valence electrons. The minimum Gasteiger partial charge on any atom is -0.497 e. The molecule has 6 nitrogen and oxygen atoms in total. The number of amides is 1. The quantitative estimate of drug-likeness (QED) is 0.626. The summed E-state index contributed by atoms with van der Waals surface area (Å²) >= 11 is 0. The Morgan fingerprint density at radius 3 is 2.69 bits per heavy atom. The topological polar surface area (TPSA) is 68.5 Å². The fourth-order valence-corrected chi connectivity index (χ4v) is 3.67. The summed E-state index contributed by atoms with van der Waals surface area (Å²) in [6.07, 6.45) is 2.61. The highest BCUT2D eigenvalue weighted by molar-refractivity contribution is 5.77. The van der Waals surface area contributed by atoms with E-state index in [9.17, 15) is 9.18 Å². The fraction of sp³-hybridized carbons (Fsp3) is 0.318. The summed E-state index contributed by atoms with van der Waals surface area (Å²) in [4.78, 5) is 19.1. The highest BCUT2D eigenvalue weighted by Gasteiger charge is 2.29. The molecule has 4 rings (SSSR count). The molecule has 1 unspecified atom stereocenters. The van der Waals surface area contributed by atoms with Gasteiger partial charge in [-0.25, -0.2) is 4.39 Å². The van der Waals surface area contributed by atoms with E-state index >= 15 is 0 Å². The zero-order valence-corrected chi connectivity index (χ0v) is 16.2. The Morgan fingerprint density at radius 1 is 1.21 bits per heavy atom. The van der Waals surface area contributed by atoms with E-state index in [4.69, 9.17) is 9.26 Å². The number of benzene rings is 2. The van der Waals surface area contributed by atoms with Crippen LogP contribution < -0.4 is 4.74 Å². The van der Waals surface area contributed by atoms with E-state index in [1.807, 2.05) is 29.2 Å². The van der Waals surface area contributed by atoms with Crippen LogP contribution in [-0.2, 0) is 11.2 Å². The van der Waals surface area contributed by atoms with Gasteiger partial charge in [-0.2, -0.15) is 4.98 Å². The van der Waals surface area contributed by atoms with Gasteiger partial charge < -0.3 is 14.2 Å². The van der Waals surface area contributed by atoms with Crippen molar-refractivity contribution >= 4 is 5.91 Å². The molecule has 1 aliphatic rings. The first-order valence-corrected chi connectivity index (χ1v) is 9.66. The van der Waals surface area contributed by atoms with Crippen LogP contribution in [0.3, 0.4) is 0 Å². The molecule has 2 heterocycles. The number of methoxy groups -OCH3 is 1. The average molecular weight is 395 g/mol. The average Bonchev–Trinajstić information content (AvgIpc) is 3.42. The van der Waals surface area contributed by atoms with Gasteiger partial charge in [-0.05, 0) is 54.8 Å². The van der Waals surface area contributed by atoms with E-state index in [2.05, 4.69) is 10.1 Å². The van der Waals surface area contributed by atoms with Gasteiger partial charge in [0.15, 0.2) is 0 Å². The standard InChI is InChI=1S/C22H22FN3O3/c1-28-18-10-6-15(7-11-18)19-3-2-14-26(19)21(27)13-12-20-24-22(25-29-20)16-4-8-17(23)9-5-16/h4-11,19H,2-3,12-14H2,1H3. The summed E-state index contributed by atoms with van der Waals surface area (Å²) in [6, 6.07) is 13.9. The van der Waals surface area contributed by atoms with Gasteiger partial charge in [-0.1, -0.05) is 17.3 Å². The second-order valence-corrected chi connectivity index (χ2v) is 7.04. The van der Waals surface area contributed by atoms with Gasteiger partial charge in [0.1, 0.15) is 11.6 Å². The van der Waals surface area contributed by atoms with E-state index < -0.39 is 0 Å². The first-order valence-electron chi connectivity index (χ1n) is 9.66. The predicted molar refractivity (Wildman–Crippen MR) is 105 cm³/mol. The first kappa shape index (κ1) is 19.1. The molecule has 2 aromatic carbocycles. The number of carbonyl (C=O) groups excluding carboxylic acids is 1. The predicted octanol–water partition coefficient (Wildman–Crippen LogP) is 4.18. The Labute approximate surface area is 168 Å². The van der Waals surface area contributed by atoms with Gasteiger partial charge in [0.25, 0.3) is 0 Å². The molecule has 1 amide bonds. The molecule has 0 bridgehead atoms. The lowest BCUT2D eigenvalue weighted by Gasteiger charge is -2.25. The maximum atomic E-state index is 13.0. The molecule has 29 heavy (non-hydrogen) atoms. The number of hydrogen-bond acceptors (Lipinski definition) is 5. The fourth-order valence-electron chi connectivity index (χ4n) is 3.67. The van der Waals surface area contributed by atoms with Crippen LogP contribution in [0.4, 0.5) is 4.39 Å². The molecule has 1 aliphatic heterocycles. The van der Waals surface area contributed by atoms with Crippen LogP contribution in [0.25, 0.3) is 11.4 Å². The molecule has 0 aliphatic carbocycles. The third-order valence-electron chi connectivity index (χ3n) is 5.20. The van der Waals surface area contributed by atoms with Crippen LogP contribution >= 0.6 is 0 Å². The number of likely N-dealkylation sites (tertiary alicyclic amines) is 1. The molecule has 7 heteroatoms. The van der Waals surface area contributed by atoms with E-state index in [1.54, 1.807) is 19.2 Å². The summed E-state index contributed by atoms with van der Waals surface area (Å²) in [6.45, 7) is 0.750. The van der Waals surface area contributed by atoms with Gasteiger partial charge in [-0.3, -0.25) is 4.79 Å². The summed E-state index contributed by atoms with van der Waals surface area (Å²) in [7, 11) is 1.64. The second-order valence-electron chi connectivity index (χ2n) is 7.04. The lowest BCUT2D eigenvalue weighted by Crippen LogP contribution is -2.30. The third-order valence-corrected chi connectivity index (χ3v) is 5.20. The number of aromatic nitrogens is 2. The molecule has 1 atom stereocenters. The van der Waals surface area contributed by atoms with Gasteiger partial charge in [0.05, 0.1) is 13.2 Å². The van der Waals surface area contributed by atoms with Crippen molar-refractivity contribution in [2.24, 2.45) is 0 Å². The Morgan fingerprint density at radius 2 is 1.97 bits per heavy atom. The van der Waals surface area contributed by atoms with Gasteiger partial charge in [-0.15, -0.1) is 0 Å². The lowest BCUT2D eigenvalue weighted by atomic mass is 10.0. The van der Waals surface area contributed by atoms with Crippen LogP contribution in [0.1, 0.15) is 36.8 Å². The highest BCUT2D eigenvalue weighted by Crippen LogP contribution is 2.33. The Bertz CT molecular complexity index is 970.